The van der Waals surface area contributed by atoms with Gasteiger partial charge in [-0.05, 0) is 19.9 Å². The molecule has 2 aromatic heterocycles. The van der Waals surface area contributed by atoms with Crippen LogP contribution in [0.25, 0.3) is 0 Å². The van der Waals surface area contributed by atoms with E-state index in [0.717, 1.165) is 17.0 Å². The third-order valence-corrected chi connectivity index (χ3v) is 3.41. The Balaban J connectivity index is 2.32. The molecule has 0 aromatic carbocycles. The van der Waals surface area contributed by atoms with Crippen LogP contribution in [-0.4, -0.2) is 14.9 Å². The summed E-state index contributed by atoms with van der Waals surface area (Å²) in [7, 11) is 1.82. The van der Waals surface area contributed by atoms with Crippen LogP contribution in [0.3, 0.4) is 0 Å². The van der Waals surface area contributed by atoms with Gasteiger partial charge in [-0.2, -0.15) is 5.10 Å². The Hall–Kier alpha value is -1.26. The second-order valence-corrected chi connectivity index (χ2v) is 4.81. The van der Waals surface area contributed by atoms with Crippen molar-refractivity contribution in [2.75, 3.05) is 0 Å². The molecule has 2 aromatic rings. The van der Waals surface area contributed by atoms with E-state index in [1.165, 1.54) is 6.26 Å². The Labute approximate surface area is 105 Å². The van der Waals surface area contributed by atoms with Crippen LogP contribution in [-0.2, 0) is 19.1 Å². The lowest BCUT2D eigenvalue weighted by molar-refractivity contribution is 0.0550. The van der Waals surface area contributed by atoms with Gasteiger partial charge < -0.3 is 9.52 Å². The van der Waals surface area contributed by atoms with Crippen molar-refractivity contribution in [2.24, 2.45) is 7.05 Å². The first-order valence-electron chi connectivity index (χ1n) is 5.35. The van der Waals surface area contributed by atoms with Gasteiger partial charge in [-0.15, -0.1) is 0 Å². The maximum atomic E-state index is 10.4. The normalized spacial score (nSPS) is 14.9. The minimum Gasteiger partial charge on any atom is -0.472 e. The zero-order valence-electron chi connectivity index (χ0n) is 10.1. The van der Waals surface area contributed by atoms with E-state index >= 15 is 0 Å². The highest BCUT2D eigenvalue weighted by Gasteiger charge is 2.28. The molecule has 0 aliphatic carbocycles. The molecule has 0 radical (unpaired) electrons. The number of aromatic nitrogens is 2. The van der Waals surface area contributed by atoms with Crippen molar-refractivity contribution in [3.63, 3.8) is 0 Å². The van der Waals surface area contributed by atoms with E-state index in [2.05, 4.69) is 5.10 Å². The minimum absolute atomic E-state index is 0.392. The number of aryl methyl sites for hydroxylation is 2. The Bertz CT molecular complexity index is 515. The molecule has 0 spiro atoms. The second-order valence-electron chi connectivity index (χ2n) is 4.43. The number of aliphatic hydroxyl groups is 1. The van der Waals surface area contributed by atoms with Crippen molar-refractivity contribution in [3.8, 4) is 0 Å². The van der Waals surface area contributed by atoms with Crippen LogP contribution >= 0.6 is 11.6 Å². The molecule has 4 nitrogen and oxygen atoms in total. The topological polar surface area (TPSA) is 51.2 Å². The van der Waals surface area contributed by atoms with Crippen molar-refractivity contribution in [1.82, 2.24) is 9.78 Å². The highest BCUT2D eigenvalue weighted by Crippen LogP contribution is 2.29. The van der Waals surface area contributed by atoms with E-state index in [0.29, 0.717) is 11.4 Å². The zero-order valence-corrected chi connectivity index (χ0v) is 10.8. The predicted octanol–water partition coefficient (Wildman–Crippen LogP) is 2.43. The Kier molecular flexibility index (Phi) is 3.02. The largest absolute Gasteiger partial charge is 0.472 e. The van der Waals surface area contributed by atoms with Crippen LogP contribution in [0, 0.1) is 6.92 Å². The number of furan rings is 1. The fourth-order valence-electron chi connectivity index (χ4n) is 1.87. The molecule has 2 heterocycles. The van der Waals surface area contributed by atoms with Gasteiger partial charge in [0, 0.05) is 19.0 Å². The highest BCUT2D eigenvalue weighted by atomic mass is 35.5. The molecule has 1 N–H and O–H groups in total. The average Bonchev–Trinajstić information content (AvgIpc) is 2.84. The first kappa shape index (κ1) is 12.2. The van der Waals surface area contributed by atoms with Gasteiger partial charge in [-0.3, -0.25) is 4.68 Å². The van der Waals surface area contributed by atoms with Gasteiger partial charge >= 0.3 is 0 Å². The van der Waals surface area contributed by atoms with Crippen molar-refractivity contribution in [3.05, 3.63) is 40.6 Å². The van der Waals surface area contributed by atoms with Gasteiger partial charge in [-0.25, -0.2) is 0 Å². The van der Waals surface area contributed by atoms with E-state index in [1.807, 2.05) is 14.0 Å². The van der Waals surface area contributed by atoms with Gasteiger partial charge in [0.1, 0.15) is 0 Å². The summed E-state index contributed by atoms with van der Waals surface area (Å²) < 4.78 is 6.69. The van der Waals surface area contributed by atoms with Crippen molar-refractivity contribution in [1.29, 1.82) is 0 Å². The lowest BCUT2D eigenvalue weighted by Crippen LogP contribution is -2.25. The molecule has 0 fully saturated rings. The monoisotopic (exact) mass is 254 g/mol. The lowest BCUT2D eigenvalue weighted by atomic mass is 9.93. The number of halogens is 1. The quantitative estimate of drug-likeness (QED) is 0.915. The van der Waals surface area contributed by atoms with Crippen molar-refractivity contribution >= 4 is 11.6 Å². The van der Waals surface area contributed by atoms with Gasteiger partial charge in [0.2, 0.25) is 0 Å². The third kappa shape index (κ3) is 2.23. The molecular weight excluding hydrogens is 240 g/mol. The maximum absolute atomic E-state index is 10.4. The number of rotatable bonds is 3. The Morgan fingerprint density at radius 1 is 1.59 bits per heavy atom. The Morgan fingerprint density at radius 2 is 2.29 bits per heavy atom. The molecule has 0 saturated carbocycles. The molecule has 17 heavy (non-hydrogen) atoms. The summed E-state index contributed by atoms with van der Waals surface area (Å²) in [5.41, 5.74) is 1.30. The number of hydrogen-bond acceptors (Lipinski definition) is 3. The summed E-state index contributed by atoms with van der Waals surface area (Å²) in [6, 6.07) is 1.75. The maximum Gasteiger partial charge on any atom is 0.0963 e. The zero-order chi connectivity index (χ0) is 12.6. The second kappa shape index (κ2) is 4.20. The standard InChI is InChI=1S/C12H15ClN2O2/c1-8-11(13)10(15(3)14-8)6-12(2,16)9-4-5-17-7-9/h4-5,7,16H,6H2,1-3H3. The summed E-state index contributed by atoms with van der Waals surface area (Å²) >= 11 is 6.16. The summed E-state index contributed by atoms with van der Waals surface area (Å²) in [6.45, 7) is 3.58. The predicted molar refractivity (Wildman–Crippen MR) is 64.9 cm³/mol. The molecule has 0 saturated heterocycles. The minimum atomic E-state index is -1.02. The fraction of sp³-hybridized carbons (Fsp3) is 0.417. The molecule has 2 rings (SSSR count). The molecular formula is C12H15ClN2O2. The Morgan fingerprint density at radius 3 is 2.76 bits per heavy atom. The van der Waals surface area contributed by atoms with Gasteiger partial charge in [0.05, 0.1) is 34.5 Å². The van der Waals surface area contributed by atoms with Gasteiger partial charge in [0.15, 0.2) is 0 Å². The summed E-state index contributed by atoms with van der Waals surface area (Å²) in [5.74, 6) is 0. The number of hydrogen-bond donors (Lipinski definition) is 1. The first-order valence-corrected chi connectivity index (χ1v) is 5.72. The first-order chi connectivity index (χ1) is 7.92. The number of nitrogens with zero attached hydrogens (tertiary/aromatic N) is 2. The molecule has 0 aliphatic rings. The highest BCUT2D eigenvalue weighted by molar-refractivity contribution is 6.31. The fourth-order valence-corrected chi connectivity index (χ4v) is 2.10. The molecule has 0 amide bonds. The van der Waals surface area contributed by atoms with E-state index in [4.69, 9.17) is 16.0 Å². The van der Waals surface area contributed by atoms with E-state index in [-0.39, 0.29) is 0 Å². The van der Waals surface area contributed by atoms with E-state index in [1.54, 1.807) is 23.9 Å². The van der Waals surface area contributed by atoms with Crippen LogP contribution in [0.5, 0.6) is 0 Å². The average molecular weight is 255 g/mol. The molecule has 1 unspecified atom stereocenters. The summed E-state index contributed by atoms with van der Waals surface area (Å²) in [5, 5.41) is 15.3. The van der Waals surface area contributed by atoms with E-state index < -0.39 is 5.60 Å². The van der Waals surface area contributed by atoms with Crippen LogP contribution in [0.2, 0.25) is 5.02 Å². The molecule has 1 atom stereocenters. The van der Waals surface area contributed by atoms with Gasteiger partial charge in [0.25, 0.3) is 0 Å². The van der Waals surface area contributed by atoms with E-state index in [9.17, 15) is 5.11 Å². The molecule has 0 aliphatic heterocycles. The lowest BCUT2D eigenvalue weighted by Gasteiger charge is -2.21. The molecule has 5 heteroatoms. The van der Waals surface area contributed by atoms with Gasteiger partial charge in [-0.1, -0.05) is 11.6 Å². The molecule has 0 bridgehead atoms. The van der Waals surface area contributed by atoms with Crippen LogP contribution in [0.1, 0.15) is 23.9 Å². The van der Waals surface area contributed by atoms with Crippen molar-refractivity contribution < 1.29 is 9.52 Å². The smallest absolute Gasteiger partial charge is 0.0963 e. The van der Waals surface area contributed by atoms with Crippen LogP contribution < -0.4 is 0 Å². The summed E-state index contributed by atoms with van der Waals surface area (Å²) in [4.78, 5) is 0. The third-order valence-electron chi connectivity index (χ3n) is 2.92. The summed E-state index contributed by atoms with van der Waals surface area (Å²) in [6.07, 6.45) is 3.47. The van der Waals surface area contributed by atoms with Crippen molar-refractivity contribution in [2.45, 2.75) is 25.9 Å². The van der Waals surface area contributed by atoms with Crippen LogP contribution in [0.15, 0.2) is 23.0 Å². The molecule has 92 valence electrons. The SMILES string of the molecule is Cc1nn(C)c(CC(C)(O)c2ccoc2)c1Cl. The van der Waals surface area contributed by atoms with Crippen LogP contribution in [0.4, 0.5) is 0 Å².